The number of thioether (sulfide) groups is 1. The fraction of sp³-hybridized carbons (Fsp3) is 0.706. The maximum absolute atomic E-state index is 12.7. The van der Waals surface area contributed by atoms with Crippen LogP contribution < -0.4 is 15.2 Å². The van der Waals surface area contributed by atoms with Crippen LogP contribution in [0.3, 0.4) is 0 Å². The number of nitrogens with zero attached hydrogens (tertiary/aromatic N) is 2. The van der Waals surface area contributed by atoms with Crippen molar-refractivity contribution in [3.63, 3.8) is 0 Å². The molecule has 0 spiro atoms. The number of carbonyl (C=O) groups is 3. The Morgan fingerprint density at radius 1 is 1.40 bits per heavy atom. The number of carboxylic acids is 1. The van der Waals surface area contributed by atoms with E-state index in [1.807, 2.05) is 6.92 Å². The highest BCUT2D eigenvalue weighted by molar-refractivity contribution is 8.03. The quantitative estimate of drug-likeness (QED) is 0.333. The highest BCUT2D eigenvalue weighted by atomic mass is 32.2. The lowest BCUT2D eigenvalue weighted by atomic mass is 9.78. The molecule has 0 unspecified atom stereocenters. The maximum Gasteiger partial charge on any atom is 0.353 e. The Hall–Kier alpha value is -1.67. The van der Waals surface area contributed by atoms with E-state index in [1.165, 1.54) is 21.6 Å². The van der Waals surface area contributed by atoms with Crippen molar-refractivity contribution in [2.24, 2.45) is 17.0 Å². The molecule has 3 aliphatic heterocycles. The monoisotopic (exact) mass is 461 g/mol. The van der Waals surface area contributed by atoms with Crippen molar-refractivity contribution in [3.05, 3.63) is 10.6 Å². The molecule has 30 heavy (non-hydrogen) atoms. The molecule has 11 nitrogen and oxygen atoms in total. The van der Waals surface area contributed by atoms with Crippen LogP contribution in [0.4, 0.5) is 0 Å². The zero-order valence-corrected chi connectivity index (χ0v) is 18.8. The largest absolute Gasteiger partial charge is 0.477 e. The smallest absolute Gasteiger partial charge is 0.353 e. The molecule has 0 bridgehead atoms. The third kappa shape index (κ3) is 4.08. The predicted molar refractivity (Wildman–Crippen MR) is 110 cm³/mol. The van der Waals surface area contributed by atoms with E-state index in [1.54, 1.807) is 21.0 Å². The van der Waals surface area contributed by atoms with E-state index < -0.39 is 40.1 Å². The number of fused-ring (bicyclic) bond motifs is 1. The van der Waals surface area contributed by atoms with Gasteiger partial charge in [0.2, 0.25) is 11.8 Å². The van der Waals surface area contributed by atoms with Gasteiger partial charge < -0.3 is 20.2 Å². The highest BCUT2D eigenvalue weighted by Gasteiger charge is 2.60. The molecule has 0 aliphatic carbocycles. The van der Waals surface area contributed by atoms with Crippen LogP contribution in [0.15, 0.2) is 10.6 Å². The van der Waals surface area contributed by atoms with E-state index in [9.17, 15) is 27.9 Å². The van der Waals surface area contributed by atoms with E-state index in [-0.39, 0.29) is 28.8 Å². The average molecular weight is 462 g/mol. The molecule has 3 heterocycles. The zero-order chi connectivity index (χ0) is 22.5. The van der Waals surface area contributed by atoms with Gasteiger partial charge >= 0.3 is 5.97 Å². The van der Waals surface area contributed by atoms with Crippen molar-refractivity contribution in [2.75, 3.05) is 20.6 Å². The van der Waals surface area contributed by atoms with Crippen LogP contribution in [0.5, 0.6) is 0 Å². The summed E-state index contributed by atoms with van der Waals surface area (Å²) in [6.45, 7) is 3.92. The summed E-state index contributed by atoms with van der Waals surface area (Å²) in [5.41, 5.74) is -0.0519. The van der Waals surface area contributed by atoms with Crippen molar-refractivity contribution in [1.29, 1.82) is 0 Å². The Kier molecular flexibility index (Phi) is 6.22. The van der Waals surface area contributed by atoms with E-state index in [0.717, 1.165) is 0 Å². The van der Waals surface area contributed by atoms with Crippen LogP contribution in [-0.2, 0) is 24.6 Å². The van der Waals surface area contributed by atoms with Crippen LogP contribution in [0, 0.1) is 11.8 Å². The molecule has 6 atom stereocenters. The van der Waals surface area contributed by atoms with Gasteiger partial charge in [-0.15, -0.1) is 11.8 Å². The Morgan fingerprint density at radius 3 is 2.57 bits per heavy atom. The van der Waals surface area contributed by atoms with Crippen molar-refractivity contribution in [2.45, 2.75) is 43.6 Å². The third-order valence-corrected chi connectivity index (χ3v) is 8.02. The van der Waals surface area contributed by atoms with Gasteiger partial charge in [0.1, 0.15) is 5.70 Å². The van der Waals surface area contributed by atoms with E-state index in [4.69, 9.17) is 5.14 Å². The molecule has 3 rings (SSSR count). The second-order valence-corrected chi connectivity index (χ2v) is 10.8. The fourth-order valence-corrected chi connectivity index (χ4v) is 6.64. The Labute approximate surface area is 179 Å². The van der Waals surface area contributed by atoms with Crippen molar-refractivity contribution in [1.82, 2.24) is 19.8 Å². The minimum absolute atomic E-state index is 0.0158. The first-order valence-corrected chi connectivity index (χ1v) is 12.0. The van der Waals surface area contributed by atoms with Crippen LogP contribution in [0.2, 0.25) is 0 Å². The first-order chi connectivity index (χ1) is 13.8. The molecule has 13 heteroatoms. The number of hydrogen-bond acceptors (Lipinski definition) is 7. The lowest BCUT2D eigenvalue weighted by Gasteiger charge is -2.47. The van der Waals surface area contributed by atoms with Gasteiger partial charge in [-0.05, 0) is 13.3 Å². The minimum atomic E-state index is -4.00. The summed E-state index contributed by atoms with van der Waals surface area (Å²) in [6, 6.07) is -1.54. The normalized spacial score (nSPS) is 32.1. The number of hydrogen-bond donors (Lipinski definition) is 4. The van der Waals surface area contributed by atoms with Gasteiger partial charge in [0.25, 0.3) is 10.2 Å². The molecule has 0 radical (unpaired) electrons. The molecule has 0 aromatic rings. The fourth-order valence-electron chi connectivity index (χ4n) is 4.50. The molecular weight excluding hydrogens is 434 g/mol. The lowest BCUT2D eigenvalue weighted by molar-refractivity contribution is -0.157. The van der Waals surface area contributed by atoms with E-state index in [0.29, 0.717) is 17.9 Å². The standard InChI is InChI=1S/C17H27N5O6S2/c1-7-12-11(8(2)20-30(18,27)28)16(24)22(12)13(17(25)26)14(7)29-9-5-10(19-6-9)15(23)21(3)4/h7-12,19-20H,5-6H2,1-4H3,(H,25,26)(H2,18,27,28)/t7-,8-,9+,10+,11-,12-/m1/s1. The number of amides is 2. The molecule has 3 aliphatic rings. The van der Waals surface area contributed by atoms with E-state index in [2.05, 4.69) is 10.0 Å². The number of nitrogens with one attached hydrogen (secondary N) is 2. The number of carboxylic acid groups (broad SMARTS) is 1. The third-order valence-electron chi connectivity index (χ3n) is 5.80. The summed E-state index contributed by atoms with van der Waals surface area (Å²) in [5, 5.41) is 17.9. The predicted octanol–water partition coefficient (Wildman–Crippen LogP) is -1.51. The molecule has 2 saturated heterocycles. The number of rotatable bonds is 7. The molecule has 5 N–H and O–H groups in total. The average Bonchev–Trinajstić information content (AvgIpc) is 3.15. The SMILES string of the molecule is C[C@@H](NS(N)(=O)=O)[C@H]1C(=O)N2C(C(=O)O)=C(S[C@@H]3CN[C@H](C(=O)N(C)C)C3)[C@H](C)[C@H]12. The van der Waals surface area contributed by atoms with Crippen molar-refractivity contribution < 1.29 is 27.9 Å². The molecule has 0 aromatic heterocycles. The molecule has 168 valence electrons. The lowest BCUT2D eigenvalue weighted by Crippen LogP contribution is -2.66. The summed E-state index contributed by atoms with van der Waals surface area (Å²) >= 11 is 1.38. The first-order valence-electron chi connectivity index (χ1n) is 9.55. The number of likely N-dealkylation sites (N-methyl/N-ethyl adjacent to an activating group) is 1. The summed E-state index contributed by atoms with van der Waals surface area (Å²) < 4.78 is 24.9. The molecular formula is C17H27N5O6S2. The summed E-state index contributed by atoms with van der Waals surface area (Å²) in [4.78, 5) is 40.2. The minimum Gasteiger partial charge on any atom is -0.477 e. The second-order valence-electron chi connectivity index (χ2n) is 8.15. The second kappa shape index (κ2) is 8.11. The van der Waals surface area contributed by atoms with Crippen LogP contribution in [0.1, 0.15) is 20.3 Å². The summed E-state index contributed by atoms with van der Waals surface area (Å²) in [6.07, 6.45) is 0.552. The van der Waals surface area contributed by atoms with Crippen molar-refractivity contribution in [3.8, 4) is 0 Å². The van der Waals surface area contributed by atoms with Crippen LogP contribution >= 0.6 is 11.8 Å². The molecule has 2 fully saturated rings. The Morgan fingerprint density at radius 2 is 2.03 bits per heavy atom. The number of nitrogens with two attached hydrogens (primary N) is 1. The number of carbonyl (C=O) groups excluding carboxylic acids is 2. The van der Waals surface area contributed by atoms with Gasteiger partial charge in [-0.2, -0.15) is 13.1 Å². The first kappa shape index (κ1) is 23.0. The molecule has 0 aromatic carbocycles. The molecule has 2 amide bonds. The molecule has 0 saturated carbocycles. The van der Waals surface area contributed by atoms with Crippen molar-refractivity contribution >= 4 is 39.8 Å². The number of aliphatic carboxylic acids is 1. The summed E-state index contributed by atoms with van der Waals surface area (Å²) in [5.74, 6) is -2.65. The van der Waals surface area contributed by atoms with E-state index >= 15 is 0 Å². The topological polar surface area (TPSA) is 162 Å². The summed E-state index contributed by atoms with van der Waals surface area (Å²) in [7, 11) is -0.632. The van der Waals surface area contributed by atoms with Crippen LogP contribution in [-0.4, -0.2) is 85.1 Å². The van der Waals surface area contributed by atoms with Gasteiger partial charge in [0.15, 0.2) is 0 Å². The highest BCUT2D eigenvalue weighted by Crippen LogP contribution is 2.51. The Bertz CT molecular complexity index is 904. The number of β-lactam (4-membered cyclic amide) rings is 1. The van der Waals surface area contributed by atoms with Gasteiger partial charge in [-0.3, -0.25) is 9.59 Å². The zero-order valence-electron chi connectivity index (χ0n) is 17.2. The van der Waals surface area contributed by atoms with Gasteiger partial charge in [0, 0.05) is 42.8 Å². The maximum atomic E-state index is 12.7. The van der Waals surface area contributed by atoms with Gasteiger partial charge in [0.05, 0.1) is 18.0 Å². The van der Waals surface area contributed by atoms with Gasteiger partial charge in [-0.25, -0.2) is 9.93 Å². The Balaban J connectivity index is 1.78. The van der Waals surface area contributed by atoms with Gasteiger partial charge in [-0.1, -0.05) is 6.92 Å². The van der Waals surface area contributed by atoms with Crippen LogP contribution in [0.25, 0.3) is 0 Å².